The summed E-state index contributed by atoms with van der Waals surface area (Å²) in [6, 6.07) is 11.7. The van der Waals surface area contributed by atoms with Gasteiger partial charge in [-0.3, -0.25) is 14.9 Å². The molecule has 0 aliphatic carbocycles. The Bertz CT molecular complexity index is 722. The highest BCUT2D eigenvalue weighted by Crippen LogP contribution is 2.30. The fourth-order valence-corrected chi connectivity index (χ4v) is 2.79. The number of halogens is 1. The SMILES string of the molecule is Cc1ccc(SCC(=O)Nc2cccc(Cl)c2)c([N+](=O)[O-])c1. The van der Waals surface area contributed by atoms with E-state index in [9.17, 15) is 14.9 Å². The fourth-order valence-electron chi connectivity index (χ4n) is 1.80. The normalized spacial score (nSPS) is 10.3. The van der Waals surface area contributed by atoms with Gasteiger partial charge < -0.3 is 5.32 Å². The summed E-state index contributed by atoms with van der Waals surface area (Å²) in [6.45, 7) is 1.79. The Morgan fingerprint density at radius 1 is 1.32 bits per heavy atom. The van der Waals surface area contributed by atoms with E-state index < -0.39 is 4.92 Å². The van der Waals surface area contributed by atoms with Crippen LogP contribution in [0.25, 0.3) is 0 Å². The Morgan fingerprint density at radius 2 is 2.09 bits per heavy atom. The number of nitrogens with zero attached hydrogens (tertiary/aromatic N) is 1. The van der Waals surface area contributed by atoms with Crippen LogP contribution in [0.3, 0.4) is 0 Å². The highest BCUT2D eigenvalue weighted by molar-refractivity contribution is 8.00. The van der Waals surface area contributed by atoms with E-state index >= 15 is 0 Å². The Morgan fingerprint density at radius 3 is 2.77 bits per heavy atom. The Kier molecular flexibility index (Phi) is 5.41. The average Bonchev–Trinajstić information content (AvgIpc) is 2.45. The highest BCUT2D eigenvalue weighted by atomic mass is 35.5. The zero-order chi connectivity index (χ0) is 16.1. The lowest BCUT2D eigenvalue weighted by Crippen LogP contribution is -2.14. The molecule has 0 saturated heterocycles. The molecular formula is C15H13ClN2O3S. The van der Waals surface area contributed by atoms with E-state index in [1.165, 1.54) is 6.07 Å². The van der Waals surface area contributed by atoms with Gasteiger partial charge in [-0.2, -0.15) is 0 Å². The smallest absolute Gasteiger partial charge is 0.283 e. The van der Waals surface area contributed by atoms with E-state index in [-0.39, 0.29) is 17.3 Å². The molecule has 5 nitrogen and oxygen atoms in total. The van der Waals surface area contributed by atoms with Crippen molar-refractivity contribution in [2.75, 3.05) is 11.1 Å². The van der Waals surface area contributed by atoms with Gasteiger partial charge in [0.05, 0.1) is 15.6 Å². The molecule has 0 radical (unpaired) electrons. The van der Waals surface area contributed by atoms with Crippen LogP contribution in [0.1, 0.15) is 5.56 Å². The van der Waals surface area contributed by atoms with Crippen LogP contribution >= 0.6 is 23.4 Å². The molecule has 7 heteroatoms. The molecule has 2 aromatic carbocycles. The highest BCUT2D eigenvalue weighted by Gasteiger charge is 2.15. The summed E-state index contributed by atoms with van der Waals surface area (Å²) in [6.07, 6.45) is 0. The number of aryl methyl sites for hydroxylation is 1. The average molecular weight is 337 g/mol. The van der Waals surface area contributed by atoms with E-state index in [1.807, 2.05) is 0 Å². The summed E-state index contributed by atoms with van der Waals surface area (Å²) < 4.78 is 0. The van der Waals surface area contributed by atoms with E-state index in [0.717, 1.165) is 17.3 Å². The van der Waals surface area contributed by atoms with Gasteiger partial charge in [0.2, 0.25) is 5.91 Å². The van der Waals surface area contributed by atoms with Crippen molar-refractivity contribution in [3.8, 4) is 0 Å². The zero-order valence-corrected chi connectivity index (χ0v) is 13.3. The first-order valence-electron chi connectivity index (χ1n) is 6.39. The molecule has 0 unspecified atom stereocenters. The maximum Gasteiger partial charge on any atom is 0.283 e. The maximum absolute atomic E-state index is 11.9. The summed E-state index contributed by atoms with van der Waals surface area (Å²) >= 11 is 6.97. The second-order valence-corrected chi connectivity index (χ2v) is 6.03. The van der Waals surface area contributed by atoms with Crippen molar-refractivity contribution in [3.05, 3.63) is 63.2 Å². The zero-order valence-electron chi connectivity index (χ0n) is 11.7. The first-order valence-corrected chi connectivity index (χ1v) is 7.75. The van der Waals surface area contributed by atoms with Crippen molar-refractivity contribution in [2.45, 2.75) is 11.8 Å². The van der Waals surface area contributed by atoms with Crippen LogP contribution < -0.4 is 5.32 Å². The number of anilines is 1. The standard InChI is InChI=1S/C15H13ClN2O3S/c1-10-5-6-14(13(7-10)18(20)21)22-9-15(19)17-12-4-2-3-11(16)8-12/h2-8H,9H2,1H3,(H,17,19). The number of hydrogen-bond donors (Lipinski definition) is 1. The number of carbonyl (C=O) groups excluding carboxylic acids is 1. The topological polar surface area (TPSA) is 72.2 Å². The molecule has 0 aromatic heterocycles. The first kappa shape index (κ1) is 16.3. The summed E-state index contributed by atoms with van der Waals surface area (Å²) in [4.78, 5) is 23.0. The Hall–Kier alpha value is -2.05. The van der Waals surface area contributed by atoms with E-state index in [1.54, 1.807) is 43.3 Å². The van der Waals surface area contributed by atoms with Crippen LogP contribution in [0.4, 0.5) is 11.4 Å². The molecule has 1 amide bonds. The lowest BCUT2D eigenvalue weighted by atomic mass is 10.2. The third-order valence-corrected chi connectivity index (χ3v) is 4.08. The molecule has 0 bridgehead atoms. The molecule has 0 aliphatic rings. The molecule has 0 spiro atoms. The van der Waals surface area contributed by atoms with Crippen molar-refractivity contribution < 1.29 is 9.72 Å². The molecule has 0 aliphatic heterocycles. The van der Waals surface area contributed by atoms with Crippen LogP contribution in [-0.4, -0.2) is 16.6 Å². The van der Waals surface area contributed by atoms with E-state index in [4.69, 9.17) is 11.6 Å². The van der Waals surface area contributed by atoms with Crippen molar-refractivity contribution >= 4 is 40.6 Å². The largest absolute Gasteiger partial charge is 0.325 e. The van der Waals surface area contributed by atoms with Gasteiger partial charge in [-0.15, -0.1) is 11.8 Å². The fraction of sp³-hybridized carbons (Fsp3) is 0.133. The number of carbonyl (C=O) groups is 1. The molecule has 2 rings (SSSR count). The molecule has 0 heterocycles. The number of nitro benzene ring substituents is 1. The predicted molar refractivity (Wildman–Crippen MR) is 88.6 cm³/mol. The van der Waals surface area contributed by atoms with Gasteiger partial charge in [-0.1, -0.05) is 23.7 Å². The molecule has 0 saturated carbocycles. The molecular weight excluding hydrogens is 324 g/mol. The number of nitrogens with one attached hydrogen (secondary N) is 1. The number of nitro groups is 1. The monoisotopic (exact) mass is 336 g/mol. The maximum atomic E-state index is 11.9. The van der Waals surface area contributed by atoms with Crippen LogP contribution in [0.5, 0.6) is 0 Å². The minimum absolute atomic E-state index is 0.0144. The number of amides is 1. The van der Waals surface area contributed by atoms with Crippen molar-refractivity contribution in [1.29, 1.82) is 0 Å². The van der Waals surface area contributed by atoms with Crippen LogP contribution in [-0.2, 0) is 4.79 Å². The molecule has 2 aromatic rings. The number of thioether (sulfide) groups is 1. The van der Waals surface area contributed by atoms with E-state index in [0.29, 0.717) is 15.6 Å². The summed E-state index contributed by atoms with van der Waals surface area (Å²) in [5.74, 6) is -0.168. The second kappa shape index (κ2) is 7.29. The Labute approximate surface area is 136 Å². The summed E-state index contributed by atoms with van der Waals surface area (Å²) in [5.41, 5.74) is 1.41. The molecule has 22 heavy (non-hydrogen) atoms. The second-order valence-electron chi connectivity index (χ2n) is 4.58. The number of hydrogen-bond acceptors (Lipinski definition) is 4. The quantitative estimate of drug-likeness (QED) is 0.502. The third-order valence-electron chi connectivity index (χ3n) is 2.78. The van der Waals surface area contributed by atoms with Gasteiger partial charge in [0.1, 0.15) is 0 Å². The van der Waals surface area contributed by atoms with E-state index in [2.05, 4.69) is 5.32 Å². The molecule has 0 atom stereocenters. The molecule has 1 N–H and O–H groups in total. The first-order chi connectivity index (χ1) is 10.5. The molecule has 114 valence electrons. The minimum atomic E-state index is -0.440. The molecule has 0 fully saturated rings. The lowest BCUT2D eigenvalue weighted by Gasteiger charge is -2.06. The van der Waals surface area contributed by atoms with Crippen molar-refractivity contribution in [1.82, 2.24) is 0 Å². The van der Waals surface area contributed by atoms with Gasteiger partial charge in [0, 0.05) is 16.8 Å². The van der Waals surface area contributed by atoms with Gasteiger partial charge >= 0.3 is 0 Å². The predicted octanol–water partition coefficient (Wildman–Crippen LogP) is 4.29. The van der Waals surface area contributed by atoms with Crippen molar-refractivity contribution in [2.24, 2.45) is 0 Å². The summed E-state index contributed by atoms with van der Waals surface area (Å²) in [7, 11) is 0. The minimum Gasteiger partial charge on any atom is -0.325 e. The number of rotatable bonds is 5. The van der Waals surface area contributed by atoms with Gasteiger partial charge in [0.15, 0.2) is 0 Å². The van der Waals surface area contributed by atoms with Crippen LogP contribution in [0.15, 0.2) is 47.4 Å². The third kappa shape index (κ3) is 4.47. The van der Waals surface area contributed by atoms with Gasteiger partial charge in [-0.25, -0.2) is 0 Å². The summed E-state index contributed by atoms with van der Waals surface area (Å²) in [5, 5.41) is 14.3. The van der Waals surface area contributed by atoms with Crippen LogP contribution in [0, 0.1) is 17.0 Å². The van der Waals surface area contributed by atoms with Gasteiger partial charge in [-0.05, 0) is 36.8 Å². The van der Waals surface area contributed by atoms with Gasteiger partial charge in [0.25, 0.3) is 5.69 Å². The van der Waals surface area contributed by atoms with Crippen LogP contribution in [0.2, 0.25) is 5.02 Å². The van der Waals surface area contributed by atoms with Crippen molar-refractivity contribution in [3.63, 3.8) is 0 Å². The Balaban J connectivity index is 2.01. The lowest BCUT2D eigenvalue weighted by molar-refractivity contribution is -0.387. The number of benzene rings is 2.